The fourth-order valence-electron chi connectivity index (χ4n) is 2.41. The maximum absolute atomic E-state index is 13.7. The maximum Gasteiger partial charge on any atom is 0.293 e. The van der Waals surface area contributed by atoms with E-state index in [1.165, 1.54) is 16.8 Å². The fraction of sp³-hybridized carbons (Fsp3) is 0.167. The van der Waals surface area contributed by atoms with Gasteiger partial charge in [0.2, 0.25) is 5.95 Å². The molecule has 0 saturated carbocycles. The van der Waals surface area contributed by atoms with Gasteiger partial charge in [-0.25, -0.2) is 9.07 Å². The first-order valence-electron chi connectivity index (χ1n) is 7.76. The molecule has 2 aromatic carbocycles. The molecule has 1 heterocycles. The molecule has 0 amide bonds. The van der Waals surface area contributed by atoms with Crippen molar-refractivity contribution in [1.29, 1.82) is 0 Å². The molecule has 3 aromatic rings. The van der Waals surface area contributed by atoms with Crippen LogP contribution in [0.15, 0.2) is 47.4 Å². The highest BCUT2D eigenvalue weighted by molar-refractivity contribution is 6.30. The van der Waals surface area contributed by atoms with Gasteiger partial charge in [-0.15, -0.1) is 0 Å². The zero-order valence-corrected chi connectivity index (χ0v) is 14.9. The molecule has 0 atom stereocenters. The van der Waals surface area contributed by atoms with E-state index in [2.05, 4.69) is 15.4 Å². The third-order valence-corrected chi connectivity index (χ3v) is 4.07. The van der Waals surface area contributed by atoms with Crippen LogP contribution in [0.4, 0.5) is 16.0 Å². The third kappa shape index (κ3) is 4.00. The lowest BCUT2D eigenvalue weighted by molar-refractivity contribution is 0.414. The van der Waals surface area contributed by atoms with Gasteiger partial charge in [-0.1, -0.05) is 17.7 Å². The number of ether oxygens (including phenoxy) is 1. The molecule has 0 fully saturated rings. The van der Waals surface area contributed by atoms with Gasteiger partial charge < -0.3 is 10.1 Å². The molecule has 0 spiro atoms. The number of methoxy groups -OCH3 is 1. The number of nitrogens with zero attached hydrogens (tertiary/aromatic N) is 3. The van der Waals surface area contributed by atoms with Crippen molar-refractivity contribution in [2.24, 2.45) is 0 Å². The number of aromatic nitrogens is 3. The van der Waals surface area contributed by atoms with Crippen molar-refractivity contribution in [2.75, 3.05) is 12.4 Å². The summed E-state index contributed by atoms with van der Waals surface area (Å²) in [6, 6.07) is 9.96. The molecule has 26 heavy (non-hydrogen) atoms. The van der Waals surface area contributed by atoms with E-state index in [-0.39, 0.29) is 17.5 Å². The van der Waals surface area contributed by atoms with E-state index in [0.717, 1.165) is 23.2 Å². The number of rotatable bonds is 5. The zero-order valence-electron chi connectivity index (χ0n) is 14.2. The van der Waals surface area contributed by atoms with Gasteiger partial charge in [-0.2, -0.15) is 10.1 Å². The van der Waals surface area contributed by atoms with E-state index in [9.17, 15) is 9.18 Å². The second kappa shape index (κ2) is 7.53. The van der Waals surface area contributed by atoms with Crippen LogP contribution in [-0.4, -0.2) is 21.9 Å². The molecule has 0 bridgehead atoms. The van der Waals surface area contributed by atoms with Crippen LogP contribution < -0.4 is 15.6 Å². The number of benzene rings is 2. The topological polar surface area (TPSA) is 69.0 Å². The van der Waals surface area contributed by atoms with E-state index in [1.54, 1.807) is 19.2 Å². The fourth-order valence-corrected chi connectivity index (χ4v) is 2.53. The smallest absolute Gasteiger partial charge is 0.293 e. The molecule has 0 unspecified atom stereocenters. The molecule has 1 aromatic heterocycles. The number of nitrogens with one attached hydrogen (secondary N) is 1. The number of hydrogen-bond acceptors (Lipinski definition) is 5. The summed E-state index contributed by atoms with van der Waals surface area (Å²) >= 11 is 5.71. The molecule has 0 saturated heterocycles. The van der Waals surface area contributed by atoms with Gasteiger partial charge in [0.1, 0.15) is 17.8 Å². The van der Waals surface area contributed by atoms with E-state index in [1.807, 2.05) is 19.1 Å². The second-order valence-corrected chi connectivity index (χ2v) is 6.04. The predicted octanol–water partition coefficient (Wildman–Crippen LogP) is 3.54. The Morgan fingerprint density at radius 3 is 2.77 bits per heavy atom. The average molecular weight is 375 g/mol. The lowest BCUT2D eigenvalue weighted by Gasteiger charge is -2.14. The van der Waals surface area contributed by atoms with Crippen molar-refractivity contribution in [3.63, 3.8) is 0 Å². The first-order chi connectivity index (χ1) is 12.5. The Kier molecular flexibility index (Phi) is 5.18. The molecule has 0 aliphatic carbocycles. The summed E-state index contributed by atoms with van der Waals surface area (Å²) in [5.41, 5.74) is 1.82. The summed E-state index contributed by atoms with van der Waals surface area (Å²) in [5.74, 6) is 0.459. The molecule has 1 N–H and O–H groups in total. The van der Waals surface area contributed by atoms with Gasteiger partial charge in [0.05, 0.1) is 18.7 Å². The molecular formula is C18H16ClFN4O2. The molecular weight excluding hydrogens is 359 g/mol. The van der Waals surface area contributed by atoms with Gasteiger partial charge in [-0.05, 0) is 48.4 Å². The summed E-state index contributed by atoms with van der Waals surface area (Å²) in [5, 5.41) is 7.23. The van der Waals surface area contributed by atoms with Crippen LogP contribution in [0.25, 0.3) is 0 Å². The summed E-state index contributed by atoms with van der Waals surface area (Å²) in [6.45, 7) is 2.12. The summed E-state index contributed by atoms with van der Waals surface area (Å²) in [7, 11) is 1.59. The zero-order chi connectivity index (χ0) is 18.7. The van der Waals surface area contributed by atoms with Crippen molar-refractivity contribution in [2.45, 2.75) is 13.5 Å². The van der Waals surface area contributed by atoms with E-state index < -0.39 is 11.4 Å². The van der Waals surface area contributed by atoms with Gasteiger partial charge in [0, 0.05) is 5.69 Å². The van der Waals surface area contributed by atoms with Crippen molar-refractivity contribution in [1.82, 2.24) is 14.8 Å². The molecule has 6 nitrogen and oxygen atoms in total. The highest BCUT2D eigenvalue weighted by Crippen LogP contribution is 2.24. The molecule has 134 valence electrons. The minimum atomic E-state index is -0.515. The van der Waals surface area contributed by atoms with Crippen LogP contribution in [0, 0.1) is 12.7 Å². The molecule has 0 aliphatic rings. The summed E-state index contributed by atoms with van der Waals surface area (Å²) in [4.78, 5) is 15.6. The minimum absolute atomic E-state index is 0.0481. The first-order valence-corrected chi connectivity index (χ1v) is 8.14. The molecule has 8 heteroatoms. The van der Waals surface area contributed by atoms with Crippen molar-refractivity contribution >= 4 is 23.2 Å². The lowest BCUT2D eigenvalue weighted by atomic mass is 10.2. The van der Waals surface area contributed by atoms with Gasteiger partial charge in [0.15, 0.2) is 0 Å². The summed E-state index contributed by atoms with van der Waals surface area (Å²) < 4.78 is 20.3. The Morgan fingerprint density at radius 2 is 2.08 bits per heavy atom. The van der Waals surface area contributed by atoms with Crippen molar-refractivity contribution in [3.05, 3.63) is 74.9 Å². The number of halogens is 2. The quantitative estimate of drug-likeness (QED) is 0.739. The van der Waals surface area contributed by atoms with E-state index in [4.69, 9.17) is 16.3 Å². The van der Waals surface area contributed by atoms with Gasteiger partial charge >= 0.3 is 0 Å². The monoisotopic (exact) mass is 374 g/mol. The van der Waals surface area contributed by atoms with Gasteiger partial charge in [0.25, 0.3) is 5.56 Å². The number of hydrogen-bond donors (Lipinski definition) is 1. The van der Waals surface area contributed by atoms with Gasteiger partial charge in [-0.3, -0.25) is 4.79 Å². The van der Waals surface area contributed by atoms with Crippen LogP contribution in [0.2, 0.25) is 5.02 Å². The van der Waals surface area contributed by atoms with E-state index >= 15 is 0 Å². The SMILES string of the molecule is COc1ccc(Nc2nc(=O)cnn2Cc2ccc(Cl)c(F)c2)c(C)c1. The first kappa shape index (κ1) is 17.9. The lowest BCUT2D eigenvalue weighted by Crippen LogP contribution is -2.19. The second-order valence-electron chi connectivity index (χ2n) is 5.63. The van der Waals surface area contributed by atoms with Crippen molar-refractivity contribution < 1.29 is 9.13 Å². The Bertz CT molecular complexity index is 1010. The summed E-state index contributed by atoms with van der Waals surface area (Å²) in [6.07, 6.45) is 1.11. The Hall–Kier alpha value is -2.93. The molecule has 3 rings (SSSR count). The van der Waals surface area contributed by atoms with Crippen molar-refractivity contribution in [3.8, 4) is 5.75 Å². The predicted molar refractivity (Wildman–Crippen MR) is 97.8 cm³/mol. The standard InChI is InChI=1S/C18H16ClFN4O2/c1-11-7-13(26-2)4-6-16(11)22-18-23-17(25)9-21-24(18)10-12-3-5-14(19)15(20)8-12/h3-9H,10H2,1-2H3,(H,22,23,25). The largest absolute Gasteiger partial charge is 0.497 e. The molecule has 0 radical (unpaired) electrons. The maximum atomic E-state index is 13.7. The third-order valence-electron chi connectivity index (χ3n) is 3.76. The Labute approximate surface area is 154 Å². The Balaban J connectivity index is 1.93. The normalized spacial score (nSPS) is 10.6. The molecule has 0 aliphatic heterocycles. The number of anilines is 2. The average Bonchev–Trinajstić information content (AvgIpc) is 2.62. The number of aryl methyl sites for hydroxylation is 1. The van der Waals surface area contributed by atoms with Crippen LogP contribution in [0.5, 0.6) is 5.75 Å². The van der Waals surface area contributed by atoms with Crippen LogP contribution in [0.1, 0.15) is 11.1 Å². The van der Waals surface area contributed by atoms with Crippen LogP contribution >= 0.6 is 11.6 Å². The van der Waals surface area contributed by atoms with E-state index in [0.29, 0.717) is 5.56 Å². The highest BCUT2D eigenvalue weighted by Gasteiger charge is 2.09. The van der Waals surface area contributed by atoms with Crippen LogP contribution in [0.3, 0.4) is 0 Å². The minimum Gasteiger partial charge on any atom is -0.497 e. The van der Waals surface area contributed by atoms with Crippen LogP contribution in [-0.2, 0) is 6.54 Å². The highest BCUT2D eigenvalue weighted by atomic mass is 35.5. The Morgan fingerprint density at radius 1 is 1.27 bits per heavy atom.